The third kappa shape index (κ3) is 1.32. The van der Waals surface area contributed by atoms with Crippen LogP contribution in [0.1, 0.15) is 52.9 Å². The highest BCUT2D eigenvalue weighted by molar-refractivity contribution is 5.39. The van der Waals surface area contributed by atoms with Crippen LogP contribution in [0.3, 0.4) is 0 Å². The minimum atomic E-state index is -0.646. The molecule has 0 unspecified atom stereocenters. The van der Waals surface area contributed by atoms with Crippen LogP contribution in [0.25, 0.3) is 0 Å². The van der Waals surface area contributed by atoms with Gasteiger partial charge in [-0.3, -0.25) is 0 Å². The number of hydrogen-bond acceptors (Lipinski definition) is 1. The molecule has 0 aliphatic heterocycles. The Morgan fingerprint density at radius 3 is 2.61 bits per heavy atom. The molecule has 3 aliphatic carbocycles. The van der Waals surface area contributed by atoms with E-state index in [0.717, 1.165) is 12.8 Å². The summed E-state index contributed by atoms with van der Waals surface area (Å²) in [6, 6.07) is 0. The standard InChI is InChI=1S/C17H26O/c1-5-17(18)10-12(3)16-8-6-11(2)13(4)15(16)14(17)7-9-16/h5,11-12,14,18H,1,6-10H2,2-4H3/t11-,12+,14+,16+,17-/m1/s1. The van der Waals surface area contributed by atoms with E-state index in [4.69, 9.17) is 0 Å². The molecule has 0 saturated heterocycles. The van der Waals surface area contributed by atoms with Crippen LogP contribution in [0.15, 0.2) is 23.8 Å². The predicted molar refractivity (Wildman–Crippen MR) is 75.2 cm³/mol. The van der Waals surface area contributed by atoms with Gasteiger partial charge in [0.05, 0.1) is 5.60 Å². The van der Waals surface area contributed by atoms with E-state index in [2.05, 4.69) is 27.4 Å². The van der Waals surface area contributed by atoms with Crippen molar-refractivity contribution in [2.75, 3.05) is 0 Å². The molecule has 100 valence electrons. The van der Waals surface area contributed by atoms with Crippen LogP contribution in [0, 0.1) is 23.2 Å². The molecule has 0 amide bonds. The molecule has 1 N–H and O–H groups in total. The molecule has 0 heterocycles. The fraction of sp³-hybridized carbons (Fsp3) is 0.765. The summed E-state index contributed by atoms with van der Waals surface area (Å²) < 4.78 is 0. The van der Waals surface area contributed by atoms with Crippen molar-refractivity contribution >= 4 is 0 Å². The summed E-state index contributed by atoms with van der Waals surface area (Å²) in [5.74, 6) is 1.65. The van der Waals surface area contributed by atoms with Crippen LogP contribution in [0.4, 0.5) is 0 Å². The van der Waals surface area contributed by atoms with Gasteiger partial charge >= 0.3 is 0 Å². The van der Waals surface area contributed by atoms with Crippen LogP contribution in [0.5, 0.6) is 0 Å². The van der Waals surface area contributed by atoms with E-state index in [1.165, 1.54) is 19.3 Å². The lowest BCUT2D eigenvalue weighted by atomic mass is 9.54. The lowest BCUT2D eigenvalue weighted by molar-refractivity contribution is -0.0164. The zero-order chi connectivity index (χ0) is 13.1. The van der Waals surface area contributed by atoms with Crippen LogP contribution in [-0.2, 0) is 0 Å². The van der Waals surface area contributed by atoms with Crippen molar-refractivity contribution in [3.8, 4) is 0 Å². The van der Waals surface area contributed by atoms with Crippen LogP contribution >= 0.6 is 0 Å². The Balaban J connectivity index is 2.17. The minimum absolute atomic E-state index is 0.356. The second-order valence-corrected chi connectivity index (χ2v) is 7.08. The van der Waals surface area contributed by atoms with Crippen LogP contribution < -0.4 is 0 Å². The number of allylic oxidation sites excluding steroid dienone is 1. The molecular formula is C17H26O. The molecule has 2 fully saturated rings. The molecule has 0 spiro atoms. The zero-order valence-electron chi connectivity index (χ0n) is 12.0. The molecule has 0 aromatic heterocycles. The molecule has 2 saturated carbocycles. The second-order valence-electron chi connectivity index (χ2n) is 7.08. The maximum atomic E-state index is 10.9. The lowest BCUT2D eigenvalue weighted by Crippen LogP contribution is -2.48. The van der Waals surface area contributed by atoms with E-state index < -0.39 is 5.60 Å². The third-order valence-corrected chi connectivity index (χ3v) is 6.48. The maximum Gasteiger partial charge on any atom is 0.0893 e. The Labute approximate surface area is 111 Å². The van der Waals surface area contributed by atoms with E-state index in [9.17, 15) is 5.11 Å². The van der Waals surface area contributed by atoms with Gasteiger partial charge in [-0.2, -0.15) is 0 Å². The average molecular weight is 246 g/mol. The first-order valence-corrected chi connectivity index (χ1v) is 7.52. The van der Waals surface area contributed by atoms with Gasteiger partial charge in [-0.25, -0.2) is 0 Å². The van der Waals surface area contributed by atoms with E-state index in [1.54, 1.807) is 11.1 Å². The molecular weight excluding hydrogens is 220 g/mol. The van der Waals surface area contributed by atoms with Gasteiger partial charge in [-0.05, 0) is 56.3 Å². The summed E-state index contributed by atoms with van der Waals surface area (Å²) >= 11 is 0. The van der Waals surface area contributed by atoms with Gasteiger partial charge in [0.25, 0.3) is 0 Å². The quantitative estimate of drug-likeness (QED) is 0.691. The van der Waals surface area contributed by atoms with Crippen molar-refractivity contribution < 1.29 is 5.11 Å². The molecule has 18 heavy (non-hydrogen) atoms. The normalized spacial score (nSPS) is 51.2. The highest BCUT2D eigenvalue weighted by Gasteiger charge is 2.59. The van der Waals surface area contributed by atoms with Gasteiger partial charge in [0, 0.05) is 5.92 Å². The van der Waals surface area contributed by atoms with Crippen LogP contribution in [0.2, 0.25) is 0 Å². The second kappa shape index (κ2) is 3.72. The summed E-state index contributed by atoms with van der Waals surface area (Å²) in [6.45, 7) is 10.9. The van der Waals surface area contributed by atoms with Gasteiger partial charge < -0.3 is 5.11 Å². The lowest BCUT2D eigenvalue weighted by Gasteiger charge is -2.52. The molecule has 0 aromatic carbocycles. The van der Waals surface area contributed by atoms with Crippen molar-refractivity contribution in [2.24, 2.45) is 23.2 Å². The van der Waals surface area contributed by atoms with E-state index >= 15 is 0 Å². The van der Waals surface area contributed by atoms with Gasteiger partial charge in [-0.15, -0.1) is 6.58 Å². The number of hydrogen-bond donors (Lipinski definition) is 1. The Kier molecular flexibility index (Phi) is 2.58. The summed E-state index contributed by atoms with van der Waals surface area (Å²) in [7, 11) is 0. The molecule has 0 radical (unpaired) electrons. The van der Waals surface area contributed by atoms with Gasteiger partial charge in [0.2, 0.25) is 0 Å². The van der Waals surface area contributed by atoms with E-state index in [1.807, 2.05) is 6.08 Å². The van der Waals surface area contributed by atoms with Crippen molar-refractivity contribution in [3.05, 3.63) is 23.8 Å². The summed E-state index contributed by atoms with van der Waals surface area (Å²) in [4.78, 5) is 0. The Bertz CT molecular complexity index is 421. The Hall–Kier alpha value is -0.560. The SMILES string of the molecule is C=C[C@@]1(O)C[C@H](C)[C@@]23CC[C@@H](C)C(C)=C2[C@@H]1CC3. The summed E-state index contributed by atoms with van der Waals surface area (Å²) in [6.07, 6.45) is 7.85. The number of rotatable bonds is 1. The third-order valence-electron chi connectivity index (χ3n) is 6.48. The monoisotopic (exact) mass is 246 g/mol. The first-order valence-electron chi connectivity index (χ1n) is 7.52. The van der Waals surface area contributed by atoms with Gasteiger partial charge in [0.1, 0.15) is 0 Å². The first kappa shape index (κ1) is 12.5. The molecule has 1 nitrogen and oxygen atoms in total. The van der Waals surface area contributed by atoms with Gasteiger partial charge in [0.15, 0.2) is 0 Å². The molecule has 3 aliphatic rings. The molecule has 5 atom stereocenters. The van der Waals surface area contributed by atoms with Crippen molar-refractivity contribution in [3.63, 3.8) is 0 Å². The average Bonchev–Trinajstić information content (AvgIpc) is 2.71. The van der Waals surface area contributed by atoms with E-state index in [0.29, 0.717) is 23.2 Å². The van der Waals surface area contributed by atoms with Gasteiger partial charge in [-0.1, -0.05) is 31.1 Å². The van der Waals surface area contributed by atoms with Crippen LogP contribution in [-0.4, -0.2) is 10.7 Å². The maximum absolute atomic E-state index is 10.9. The molecule has 2 bridgehead atoms. The van der Waals surface area contributed by atoms with Crippen molar-refractivity contribution in [2.45, 2.75) is 58.5 Å². The number of aliphatic hydroxyl groups is 1. The first-order chi connectivity index (χ1) is 8.44. The largest absolute Gasteiger partial charge is 0.385 e. The van der Waals surface area contributed by atoms with E-state index in [-0.39, 0.29) is 0 Å². The highest BCUT2D eigenvalue weighted by Crippen LogP contribution is 2.66. The smallest absolute Gasteiger partial charge is 0.0893 e. The summed E-state index contributed by atoms with van der Waals surface area (Å²) in [5, 5.41) is 10.9. The summed E-state index contributed by atoms with van der Waals surface area (Å²) in [5.41, 5.74) is 2.99. The van der Waals surface area contributed by atoms with Crippen molar-refractivity contribution in [1.82, 2.24) is 0 Å². The fourth-order valence-electron chi connectivity index (χ4n) is 5.22. The van der Waals surface area contributed by atoms with Crippen molar-refractivity contribution in [1.29, 1.82) is 0 Å². The zero-order valence-corrected chi connectivity index (χ0v) is 12.0. The molecule has 0 aromatic rings. The highest BCUT2D eigenvalue weighted by atomic mass is 16.3. The molecule has 3 rings (SSSR count). The predicted octanol–water partition coefficient (Wildman–Crippen LogP) is 4.09. The fourth-order valence-corrected chi connectivity index (χ4v) is 5.22. The topological polar surface area (TPSA) is 20.2 Å². The Morgan fingerprint density at radius 1 is 1.28 bits per heavy atom. The minimum Gasteiger partial charge on any atom is -0.385 e. The molecule has 1 heteroatoms. The Morgan fingerprint density at radius 2 is 1.94 bits per heavy atom.